The van der Waals surface area contributed by atoms with E-state index < -0.39 is 5.97 Å². The third-order valence-electron chi connectivity index (χ3n) is 2.55. The molecule has 0 saturated carbocycles. The molecule has 0 bridgehead atoms. The van der Waals surface area contributed by atoms with Gasteiger partial charge in [-0.25, -0.2) is 14.6 Å². The number of carboxylic acids is 1. The number of carboxylic acid groups (broad SMARTS) is 1. The van der Waals surface area contributed by atoms with Crippen molar-refractivity contribution in [3.8, 4) is 0 Å². The van der Waals surface area contributed by atoms with Gasteiger partial charge in [0.1, 0.15) is 0 Å². The van der Waals surface area contributed by atoms with Gasteiger partial charge in [0.2, 0.25) is 0 Å². The Kier molecular flexibility index (Phi) is 4.03. The molecule has 1 aliphatic rings. The second-order valence-corrected chi connectivity index (χ2v) is 4.96. The van der Waals surface area contributed by atoms with Crippen LogP contribution in [0.4, 0.5) is 10.5 Å². The summed E-state index contributed by atoms with van der Waals surface area (Å²) in [6.45, 7) is 1.36. The number of nitrogens with zero attached hydrogens (tertiary/aromatic N) is 2. The zero-order valence-electron chi connectivity index (χ0n) is 9.63. The smallest absolute Gasteiger partial charge is 0.356 e. The van der Waals surface area contributed by atoms with Gasteiger partial charge < -0.3 is 15.3 Å². The maximum Gasteiger partial charge on any atom is 0.356 e. The van der Waals surface area contributed by atoms with E-state index in [1.165, 1.54) is 12.3 Å². The summed E-state index contributed by atoms with van der Waals surface area (Å²) < 4.78 is 0. The fourth-order valence-electron chi connectivity index (χ4n) is 1.64. The molecule has 0 aliphatic carbocycles. The monoisotopic (exact) mass is 267 g/mol. The van der Waals surface area contributed by atoms with Gasteiger partial charge in [0.15, 0.2) is 5.69 Å². The summed E-state index contributed by atoms with van der Waals surface area (Å²) in [5.41, 5.74) is 0.0884. The SMILES string of the molecule is O=C(O)c1ncccc1NC(=O)N1CCSCC1. The van der Waals surface area contributed by atoms with Crippen molar-refractivity contribution in [1.29, 1.82) is 0 Å². The van der Waals surface area contributed by atoms with Gasteiger partial charge in [-0.1, -0.05) is 0 Å². The van der Waals surface area contributed by atoms with Crippen molar-refractivity contribution in [2.24, 2.45) is 0 Å². The minimum atomic E-state index is -1.15. The van der Waals surface area contributed by atoms with Gasteiger partial charge in [-0.2, -0.15) is 11.8 Å². The molecular formula is C11H13N3O3S. The minimum absolute atomic E-state index is 0.141. The predicted octanol–water partition coefficient (Wildman–Crippen LogP) is 1.36. The van der Waals surface area contributed by atoms with E-state index in [1.807, 2.05) is 0 Å². The van der Waals surface area contributed by atoms with E-state index in [2.05, 4.69) is 10.3 Å². The number of aromatic carboxylic acids is 1. The molecule has 2 rings (SSSR count). The first-order chi connectivity index (χ1) is 8.68. The predicted molar refractivity (Wildman–Crippen MR) is 69.1 cm³/mol. The van der Waals surface area contributed by atoms with Gasteiger partial charge in [0, 0.05) is 30.8 Å². The van der Waals surface area contributed by atoms with Gasteiger partial charge in [-0.05, 0) is 12.1 Å². The average molecular weight is 267 g/mol. The first-order valence-electron chi connectivity index (χ1n) is 5.50. The molecule has 2 heterocycles. The van der Waals surface area contributed by atoms with E-state index in [4.69, 9.17) is 5.11 Å². The first-order valence-corrected chi connectivity index (χ1v) is 6.66. The summed E-state index contributed by atoms with van der Waals surface area (Å²) in [4.78, 5) is 28.3. The van der Waals surface area contributed by atoms with Gasteiger partial charge in [-0.3, -0.25) is 0 Å². The number of thioether (sulfide) groups is 1. The molecule has 1 fully saturated rings. The highest BCUT2D eigenvalue weighted by Gasteiger charge is 2.19. The zero-order chi connectivity index (χ0) is 13.0. The first kappa shape index (κ1) is 12.7. The van der Waals surface area contributed by atoms with Crippen molar-refractivity contribution >= 4 is 29.4 Å². The van der Waals surface area contributed by atoms with Crippen molar-refractivity contribution < 1.29 is 14.7 Å². The van der Waals surface area contributed by atoms with Crippen LogP contribution in [0.1, 0.15) is 10.5 Å². The van der Waals surface area contributed by atoms with Crippen LogP contribution in [0.5, 0.6) is 0 Å². The minimum Gasteiger partial charge on any atom is -0.476 e. The van der Waals surface area contributed by atoms with E-state index >= 15 is 0 Å². The number of nitrogens with one attached hydrogen (secondary N) is 1. The summed E-state index contributed by atoms with van der Waals surface area (Å²) >= 11 is 1.80. The number of pyridine rings is 1. The molecule has 18 heavy (non-hydrogen) atoms. The molecule has 96 valence electrons. The molecule has 0 aromatic carbocycles. The van der Waals surface area contributed by atoms with Crippen LogP contribution >= 0.6 is 11.8 Å². The van der Waals surface area contributed by atoms with E-state index in [0.717, 1.165) is 11.5 Å². The highest BCUT2D eigenvalue weighted by atomic mass is 32.2. The quantitative estimate of drug-likeness (QED) is 0.845. The van der Waals surface area contributed by atoms with Crippen LogP contribution in [0.2, 0.25) is 0 Å². The summed E-state index contributed by atoms with van der Waals surface area (Å²) in [5, 5.41) is 11.6. The van der Waals surface area contributed by atoms with E-state index in [0.29, 0.717) is 13.1 Å². The second-order valence-electron chi connectivity index (χ2n) is 3.73. The summed E-state index contributed by atoms with van der Waals surface area (Å²) in [5.74, 6) is 0.665. The third-order valence-corrected chi connectivity index (χ3v) is 3.49. The molecule has 1 saturated heterocycles. The van der Waals surface area contributed by atoms with Crippen molar-refractivity contribution in [1.82, 2.24) is 9.88 Å². The highest BCUT2D eigenvalue weighted by Crippen LogP contribution is 2.15. The standard InChI is InChI=1S/C11H13N3O3S/c15-10(16)9-8(2-1-3-12-9)13-11(17)14-4-6-18-7-5-14/h1-3H,4-7H2,(H,13,17)(H,15,16). The molecule has 1 aromatic rings. The van der Waals surface area contributed by atoms with Gasteiger partial charge in [0.05, 0.1) is 5.69 Å². The largest absolute Gasteiger partial charge is 0.476 e. The lowest BCUT2D eigenvalue weighted by molar-refractivity contribution is 0.0691. The van der Waals surface area contributed by atoms with E-state index in [9.17, 15) is 9.59 Å². The van der Waals surface area contributed by atoms with E-state index in [-0.39, 0.29) is 17.4 Å². The van der Waals surface area contributed by atoms with Crippen LogP contribution in [-0.2, 0) is 0 Å². The van der Waals surface area contributed by atoms with Crippen LogP contribution < -0.4 is 5.32 Å². The Hall–Kier alpha value is -1.76. The number of amides is 2. The van der Waals surface area contributed by atoms with Gasteiger partial charge in [0.25, 0.3) is 0 Å². The molecule has 2 amide bonds. The molecule has 1 aliphatic heterocycles. The van der Waals surface area contributed by atoms with Crippen LogP contribution in [0, 0.1) is 0 Å². The lowest BCUT2D eigenvalue weighted by Crippen LogP contribution is -2.40. The number of rotatable bonds is 2. The normalized spacial score (nSPS) is 15.2. The van der Waals surface area contributed by atoms with Gasteiger partial charge in [-0.15, -0.1) is 0 Å². The fourth-order valence-corrected chi connectivity index (χ4v) is 2.54. The molecule has 0 spiro atoms. The molecular weight excluding hydrogens is 254 g/mol. The van der Waals surface area contributed by atoms with Gasteiger partial charge >= 0.3 is 12.0 Å². The number of aromatic nitrogens is 1. The zero-order valence-corrected chi connectivity index (χ0v) is 10.4. The number of anilines is 1. The summed E-state index contributed by atoms with van der Waals surface area (Å²) in [6.07, 6.45) is 1.39. The highest BCUT2D eigenvalue weighted by molar-refractivity contribution is 7.99. The molecule has 7 heteroatoms. The Morgan fingerprint density at radius 2 is 2.11 bits per heavy atom. The van der Waals surface area contributed by atoms with Crippen LogP contribution in [-0.4, -0.2) is 51.6 Å². The Morgan fingerprint density at radius 1 is 1.39 bits per heavy atom. The fraction of sp³-hybridized carbons (Fsp3) is 0.364. The van der Waals surface area contributed by atoms with Crippen LogP contribution in [0.3, 0.4) is 0 Å². The van der Waals surface area contributed by atoms with Crippen LogP contribution in [0.25, 0.3) is 0 Å². The average Bonchev–Trinajstić information content (AvgIpc) is 2.40. The molecule has 0 radical (unpaired) electrons. The van der Waals surface area contributed by atoms with Crippen molar-refractivity contribution in [2.45, 2.75) is 0 Å². The molecule has 6 nitrogen and oxygen atoms in total. The van der Waals surface area contributed by atoms with Crippen LogP contribution in [0.15, 0.2) is 18.3 Å². The van der Waals surface area contributed by atoms with Crippen molar-refractivity contribution in [3.05, 3.63) is 24.0 Å². The number of hydrogen-bond acceptors (Lipinski definition) is 4. The Labute approximate surface area is 108 Å². The number of carbonyl (C=O) groups excluding carboxylic acids is 1. The van der Waals surface area contributed by atoms with E-state index in [1.54, 1.807) is 22.7 Å². The Balaban J connectivity index is 2.08. The second kappa shape index (κ2) is 5.72. The lowest BCUT2D eigenvalue weighted by atomic mass is 10.3. The molecule has 2 N–H and O–H groups in total. The third kappa shape index (κ3) is 2.92. The van der Waals surface area contributed by atoms with Crippen molar-refractivity contribution in [2.75, 3.05) is 29.9 Å². The maximum atomic E-state index is 11.9. The Morgan fingerprint density at radius 3 is 2.78 bits per heavy atom. The number of hydrogen-bond donors (Lipinski definition) is 2. The molecule has 1 aromatic heterocycles. The summed E-state index contributed by atoms with van der Waals surface area (Å²) in [6, 6.07) is 2.85. The van der Waals surface area contributed by atoms with Crippen molar-refractivity contribution in [3.63, 3.8) is 0 Å². The molecule has 0 atom stereocenters. The number of carbonyl (C=O) groups is 2. The topological polar surface area (TPSA) is 82.5 Å². The Bertz CT molecular complexity index is 461. The summed E-state index contributed by atoms with van der Waals surface area (Å²) in [7, 11) is 0. The maximum absolute atomic E-state index is 11.9. The number of urea groups is 1. The lowest BCUT2D eigenvalue weighted by Gasteiger charge is -2.26. The molecule has 0 unspecified atom stereocenters.